The van der Waals surface area contributed by atoms with E-state index in [1.54, 1.807) is 0 Å². The van der Waals surface area contributed by atoms with Crippen LogP contribution in [0.15, 0.2) is 45.8 Å². The molecule has 2 aliphatic rings. The van der Waals surface area contributed by atoms with Gasteiger partial charge in [-0.05, 0) is 17.5 Å². The fourth-order valence-corrected chi connectivity index (χ4v) is 3.71. The molecule has 0 saturated carbocycles. The minimum Gasteiger partial charge on any atom is -0.486 e. The molecule has 1 unspecified atom stereocenters. The molecule has 3 heterocycles. The average Bonchev–Trinajstić information content (AvgIpc) is 3.27. The van der Waals surface area contributed by atoms with Crippen LogP contribution in [0, 0.1) is 5.92 Å². The van der Waals surface area contributed by atoms with Crippen molar-refractivity contribution < 1.29 is 19.1 Å². The Hall–Kier alpha value is -2.80. The van der Waals surface area contributed by atoms with Crippen LogP contribution >= 0.6 is 0 Å². The van der Waals surface area contributed by atoms with Gasteiger partial charge in [-0.15, -0.1) is 0 Å². The highest BCUT2D eigenvalue weighted by atomic mass is 16.5. The number of carboxylic acid groups (broad SMARTS) is 1. The third-order valence-electron chi connectivity index (χ3n) is 5.17. The van der Waals surface area contributed by atoms with E-state index in [2.05, 4.69) is 17.0 Å². The standard InChI is InChI=1S/C20H22N2O5/c23-18-7-17(11-21-9-15-3-1-2-4-16(15)10-21)26-13-19(18)27-12-14-5-6-22(8-14)20(24)25/h1-4,7,13-14H,5-6,8-12H2,(H,24,25). The Bertz CT molecular complexity index is 869. The highest BCUT2D eigenvalue weighted by Gasteiger charge is 2.26. The van der Waals surface area contributed by atoms with Crippen LogP contribution in [-0.4, -0.2) is 40.7 Å². The van der Waals surface area contributed by atoms with Crippen molar-refractivity contribution in [1.82, 2.24) is 9.80 Å². The molecule has 4 rings (SSSR count). The average molecular weight is 370 g/mol. The molecule has 2 aliphatic heterocycles. The van der Waals surface area contributed by atoms with Crippen molar-refractivity contribution in [2.45, 2.75) is 26.1 Å². The van der Waals surface area contributed by atoms with Gasteiger partial charge in [-0.25, -0.2) is 4.79 Å². The molecule has 7 heteroatoms. The molecule has 7 nitrogen and oxygen atoms in total. The quantitative estimate of drug-likeness (QED) is 0.871. The first-order chi connectivity index (χ1) is 13.1. The molecule has 1 N–H and O–H groups in total. The summed E-state index contributed by atoms with van der Waals surface area (Å²) in [6.45, 7) is 3.53. The largest absolute Gasteiger partial charge is 0.486 e. The van der Waals surface area contributed by atoms with Gasteiger partial charge in [0.1, 0.15) is 12.0 Å². The number of hydrogen-bond donors (Lipinski definition) is 1. The number of fused-ring (bicyclic) bond motifs is 1. The van der Waals surface area contributed by atoms with Crippen LogP contribution < -0.4 is 10.2 Å². The highest BCUT2D eigenvalue weighted by molar-refractivity contribution is 5.65. The Kier molecular flexibility index (Phi) is 4.85. The second-order valence-electron chi connectivity index (χ2n) is 7.18. The first-order valence-corrected chi connectivity index (χ1v) is 9.10. The Morgan fingerprint density at radius 3 is 2.63 bits per heavy atom. The molecule has 0 aliphatic carbocycles. The highest BCUT2D eigenvalue weighted by Crippen LogP contribution is 2.24. The van der Waals surface area contributed by atoms with E-state index >= 15 is 0 Å². The maximum absolute atomic E-state index is 12.3. The summed E-state index contributed by atoms with van der Waals surface area (Å²) < 4.78 is 11.2. The van der Waals surface area contributed by atoms with Gasteiger partial charge in [0.15, 0.2) is 0 Å². The molecule has 1 amide bonds. The minimum atomic E-state index is -0.912. The van der Waals surface area contributed by atoms with Gasteiger partial charge in [0.2, 0.25) is 11.2 Å². The van der Waals surface area contributed by atoms with Gasteiger partial charge in [0, 0.05) is 38.2 Å². The van der Waals surface area contributed by atoms with Crippen LogP contribution in [0.1, 0.15) is 23.3 Å². The molecule has 0 bridgehead atoms. The number of hydrogen-bond acceptors (Lipinski definition) is 5. The Morgan fingerprint density at radius 2 is 2.00 bits per heavy atom. The van der Waals surface area contributed by atoms with Crippen LogP contribution in [0.4, 0.5) is 4.79 Å². The van der Waals surface area contributed by atoms with Gasteiger partial charge in [0.25, 0.3) is 0 Å². The van der Waals surface area contributed by atoms with Gasteiger partial charge in [-0.3, -0.25) is 9.69 Å². The first-order valence-electron chi connectivity index (χ1n) is 9.10. The van der Waals surface area contributed by atoms with E-state index in [0.29, 0.717) is 32.0 Å². The first kappa shape index (κ1) is 17.6. The number of likely N-dealkylation sites (tertiary alicyclic amines) is 1. The Labute approximate surface area is 156 Å². The number of benzene rings is 1. The van der Waals surface area contributed by atoms with Crippen molar-refractivity contribution >= 4 is 6.09 Å². The van der Waals surface area contributed by atoms with Crippen LogP contribution in [0.3, 0.4) is 0 Å². The topological polar surface area (TPSA) is 83.2 Å². The predicted molar refractivity (Wildman–Crippen MR) is 97.6 cm³/mol. The number of ether oxygens (including phenoxy) is 1. The summed E-state index contributed by atoms with van der Waals surface area (Å²) in [4.78, 5) is 26.8. The van der Waals surface area contributed by atoms with Crippen molar-refractivity contribution in [1.29, 1.82) is 0 Å². The molecule has 0 radical (unpaired) electrons. The molecule has 142 valence electrons. The number of carbonyl (C=O) groups is 1. The third kappa shape index (κ3) is 3.98. The molecule has 0 spiro atoms. The lowest BCUT2D eigenvalue weighted by Crippen LogP contribution is -2.27. The maximum Gasteiger partial charge on any atom is 0.407 e. The molecule has 1 aromatic carbocycles. The summed E-state index contributed by atoms with van der Waals surface area (Å²) in [5.41, 5.74) is 2.42. The summed E-state index contributed by atoms with van der Waals surface area (Å²) in [5.74, 6) is 0.888. The summed E-state index contributed by atoms with van der Waals surface area (Å²) in [7, 11) is 0. The minimum absolute atomic E-state index is 0.100. The summed E-state index contributed by atoms with van der Waals surface area (Å²) in [6.07, 6.45) is 1.20. The fraction of sp³-hybridized carbons (Fsp3) is 0.400. The molecular weight excluding hydrogens is 348 g/mol. The zero-order chi connectivity index (χ0) is 18.8. The van der Waals surface area contributed by atoms with Crippen molar-refractivity contribution in [3.63, 3.8) is 0 Å². The van der Waals surface area contributed by atoms with Crippen molar-refractivity contribution in [2.24, 2.45) is 5.92 Å². The van der Waals surface area contributed by atoms with Gasteiger partial charge in [-0.1, -0.05) is 24.3 Å². The second-order valence-corrected chi connectivity index (χ2v) is 7.18. The normalized spacial score (nSPS) is 19.3. The van der Waals surface area contributed by atoms with E-state index in [1.165, 1.54) is 28.4 Å². The SMILES string of the molecule is O=C(O)N1CCC(COc2coc(CN3Cc4ccccc4C3)cc2=O)C1. The Balaban J connectivity index is 1.32. The molecule has 1 atom stereocenters. The van der Waals surface area contributed by atoms with Crippen molar-refractivity contribution in [3.05, 3.63) is 63.7 Å². The van der Waals surface area contributed by atoms with E-state index < -0.39 is 6.09 Å². The zero-order valence-electron chi connectivity index (χ0n) is 15.0. The van der Waals surface area contributed by atoms with Crippen LogP contribution in [0.2, 0.25) is 0 Å². The monoisotopic (exact) mass is 370 g/mol. The Morgan fingerprint density at radius 1 is 1.26 bits per heavy atom. The van der Waals surface area contributed by atoms with Gasteiger partial charge >= 0.3 is 6.09 Å². The zero-order valence-corrected chi connectivity index (χ0v) is 15.0. The van der Waals surface area contributed by atoms with Crippen LogP contribution in [0.5, 0.6) is 5.75 Å². The van der Waals surface area contributed by atoms with E-state index in [4.69, 9.17) is 14.3 Å². The van der Waals surface area contributed by atoms with E-state index in [0.717, 1.165) is 19.5 Å². The number of nitrogens with zero attached hydrogens (tertiary/aromatic N) is 2. The molecule has 1 fully saturated rings. The van der Waals surface area contributed by atoms with Gasteiger partial charge in [0.05, 0.1) is 13.2 Å². The van der Waals surface area contributed by atoms with Gasteiger partial charge < -0.3 is 19.2 Å². The smallest absolute Gasteiger partial charge is 0.407 e. The predicted octanol–water partition coefficient (Wildman–Crippen LogP) is 2.53. The molecule has 1 saturated heterocycles. The summed E-state index contributed by atoms with van der Waals surface area (Å²) in [6, 6.07) is 9.80. The maximum atomic E-state index is 12.3. The molecule has 27 heavy (non-hydrogen) atoms. The van der Waals surface area contributed by atoms with E-state index in [1.807, 2.05) is 12.1 Å². The summed E-state index contributed by atoms with van der Waals surface area (Å²) in [5, 5.41) is 8.98. The van der Waals surface area contributed by atoms with E-state index in [-0.39, 0.29) is 17.1 Å². The van der Waals surface area contributed by atoms with Crippen LogP contribution in [0.25, 0.3) is 0 Å². The van der Waals surface area contributed by atoms with Crippen molar-refractivity contribution in [2.75, 3.05) is 19.7 Å². The third-order valence-corrected chi connectivity index (χ3v) is 5.17. The molecule has 2 aromatic rings. The lowest BCUT2D eigenvalue weighted by molar-refractivity contribution is 0.151. The number of amides is 1. The lowest BCUT2D eigenvalue weighted by atomic mass is 10.1. The lowest BCUT2D eigenvalue weighted by Gasteiger charge is -2.15. The van der Waals surface area contributed by atoms with Crippen molar-refractivity contribution in [3.8, 4) is 5.75 Å². The van der Waals surface area contributed by atoms with Gasteiger partial charge in [-0.2, -0.15) is 0 Å². The number of rotatable bonds is 5. The molecule has 1 aromatic heterocycles. The molecular formula is C20H22N2O5. The fourth-order valence-electron chi connectivity index (χ4n) is 3.71. The van der Waals surface area contributed by atoms with E-state index in [9.17, 15) is 9.59 Å². The summed E-state index contributed by atoms with van der Waals surface area (Å²) >= 11 is 0. The van der Waals surface area contributed by atoms with Crippen LogP contribution in [-0.2, 0) is 19.6 Å². The second kappa shape index (κ2) is 7.44.